The van der Waals surface area contributed by atoms with Crippen molar-refractivity contribution in [2.45, 2.75) is 61.4 Å². The minimum absolute atomic E-state index is 0.0717. The first-order chi connectivity index (χ1) is 15.1. The van der Waals surface area contributed by atoms with Gasteiger partial charge in [0.1, 0.15) is 6.10 Å². The van der Waals surface area contributed by atoms with E-state index in [2.05, 4.69) is 18.0 Å². The van der Waals surface area contributed by atoms with Gasteiger partial charge >= 0.3 is 0 Å². The van der Waals surface area contributed by atoms with Crippen molar-refractivity contribution in [3.05, 3.63) is 35.9 Å². The monoisotopic (exact) mass is 431 g/mol. The number of benzene rings is 1. The summed E-state index contributed by atoms with van der Waals surface area (Å²) in [6.45, 7) is 5.60. The minimum Gasteiger partial charge on any atom is -0.482 e. The predicted octanol–water partition coefficient (Wildman–Crippen LogP) is 1.68. The zero-order chi connectivity index (χ0) is 21.6. The summed E-state index contributed by atoms with van der Waals surface area (Å²) in [7, 11) is 1.63. The van der Waals surface area contributed by atoms with Crippen molar-refractivity contribution >= 4 is 0 Å². The lowest BCUT2D eigenvalue weighted by Crippen LogP contribution is -2.74. The Morgan fingerprint density at radius 1 is 1.29 bits per heavy atom. The van der Waals surface area contributed by atoms with Crippen LogP contribution in [-0.4, -0.2) is 67.7 Å². The first-order valence-corrected chi connectivity index (χ1v) is 11.3. The van der Waals surface area contributed by atoms with Crippen LogP contribution in [0, 0.1) is 5.92 Å². The average molecular weight is 432 g/mol. The summed E-state index contributed by atoms with van der Waals surface area (Å²) in [5, 5.41) is 26.7. The number of hydrogen-bond donors (Lipinski definition) is 3. The van der Waals surface area contributed by atoms with Crippen molar-refractivity contribution in [2.24, 2.45) is 5.92 Å². The molecule has 5 rings (SSSR count). The average Bonchev–Trinajstić information content (AvgIpc) is 3.12. The number of nitrogens with one attached hydrogen (secondary N) is 1. The Morgan fingerprint density at radius 2 is 2.16 bits per heavy atom. The summed E-state index contributed by atoms with van der Waals surface area (Å²) in [6, 6.07) is 4.24. The topological polar surface area (TPSA) is 89.4 Å². The molecule has 6 atom stereocenters. The molecular formula is C24H33NO6. The molecule has 4 aliphatic rings. The highest BCUT2D eigenvalue weighted by molar-refractivity contribution is 5.62. The summed E-state index contributed by atoms with van der Waals surface area (Å²) in [4.78, 5) is 0. The van der Waals surface area contributed by atoms with Gasteiger partial charge in [0.25, 0.3) is 0 Å². The van der Waals surface area contributed by atoms with Crippen LogP contribution < -0.4 is 14.8 Å². The van der Waals surface area contributed by atoms with Crippen LogP contribution in [0.2, 0.25) is 0 Å². The van der Waals surface area contributed by atoms with Crippen LogP contribution in [0.1, 0.15) is 36.8 Å². The summed E-state index contributed by atoms with van der Waals surface area (Å²) < 4.78 is 22.8. The largest absolute Gasteiger partial charge is 0.482 e. The van der Waals surface area contributed by atoms with Gasteiger partial charge in [-0.05, 0) is 43.7 Å². The normalized spacial score (nSPS) is 37.1. The van der Waals surface area contributed by atoms with Crippen LogP contribution in [0.3, 0.4) is 0 Å². The van der Waals surface area contributed by atoms with Gasteiger partial charge in [-0.25, -0.2) is 0 Å². The standard InChI is InChI=1S/C24H33NO6/c1-3-10-25-17-6-8-23-20-15-4-5-19(30-14-29-12-11-28-2)21(20)31-22(23)18(26)7-9-24(23,27)16(17)13-15/h3-5,16-18,22,25-27H,1,6-14H2,2H3/t16-,17?,18-,22-,23-,24+/m0/s1. The van der Waals surface area contributed by atoms with Crippen LogP contribution >= 0.6 is 0 Å². The molecule has 1 aliphatic heterocycles. The Labute approximate surface area is 183 Å². The molecule has 7 nitrogen and oxygen atoms in total. The number of aliphatic hydroxyl groups is 2. The number of rotatable bonds is 9. The highest BCUT2D eigenvalue weighted by Gasteiger charge is 2.72. The van der Waals surface area contributed by atoms with Crippen LogP contribution in [0.15, 0.2) is 24.8 Å². The molecule has 0 saturated heterocycles. The van der Waals surface area contributed by atoms with Gasteiger partial charge in [0.05, 0.1) is 30.3 Å². The Hall–Kier alpha value is -1.64. The maximum absolute atomic E-state index is 12.2. The molecule has 3 N–H and O–H groups in total. The van der Waals surface area contributed by atoms with Crippen molar-refractivity contribution < 1.29 is 29.2 Å². The summed E-state index contributed by atoms with van der Waals surface area (Å²) in [5.41, 5.74) is 0.728. The fraction of sp³-hybridized carbons (Fsp3) is 0.667. The van der Waals surface area contributed by atoms with Crippen molar-refractivity contribution in [1.29, 1.82) is 0 Å². The summed E-state index contributed by atoms with van der Waals surface area (Å²) >= 11 is 0. The lowest BCUT2D eigenvalue weighted by Gasteiger charge is -2.63. The maximum atomic E-state index is 12.2. The van der Waals surface area contributed by atoms with E-state index in [1.807, 2.05) is 12.1 Å². The molecule has 1 unspecified atom stereocenters. The Balaban J connectivity index is 1.52. The molecule has 170 valence electrons. The van der Waals surface area contributed by atoms with Gasteiger partial charge in [-0.3, -0.25) is 0 Å². The smallest absolute Gasteiger partial charge is 0.189 e. The molecule has 2 bridgehead atoms. The molecule has 2 fully saturated rings. The number of aliphatic hydroxyl groups excluding tert-OH is 1. The van der Waals surface area contributed by atoms with E-state index in [-0.39, 0.29) is 18.8 Å². The van der Waals surface area contributed by atoms with Gasteiger partial charge in [0.2, 0.25) is 0 Å². The van der Waals surface area contributed by atoms with E-state index in [0.29, 0.717) is 37.6 Å². The van der Waals surface area contributed by atoms with Crippen LogP contribution in [0.4, 0.5) is 0 Å². The van der Waals surface area contributed by atoms with Gasteiger partial charge in [0.15, 0.2) is 18.3 Å². The van der Waals surface area contributed by atoms with E-state index in [1.54, 1.807) is 7.11 Å². The fourth-order valence-electron chi connectivity index (χ4n) is 6.73. The molecule has 31 heavy (non-hydrogen) atoms. The Morgan fingerprint density at radius 3 is 2.97 bits per heavy atom. The minimum atomic E-state index is -0.917. The lowest BCUT2D eigenvalue weighted by molar-refractivity contribution is -0.201. The summed E-state index contributed by atoms with van der Waals surface area (Å²) in [5.74, 6) is 1.36. The highest BCUT2D eigenvalue weighted by atomic mass is 16.7. The molecule has 3 aliphatic carbocycles. The number of ether oxygens (including phenoxy) is 4. The molecule has 1 spiro atoms. The van der Waals surface area contributed by atoms with Crippen molar-refractivity contribution in [2.75, 3.05) is 33.7 Å². The second-order valence-electron chi connectivity index (χ2n) is 9.28. The van der Waals surface area contributed by atoms with Gasteiger partial charge in [0, 0.05) is 31.2 Å². The second kappa shape index (κ2) is 8.05. The Bertz CT molecular complexity index is 846. The van der Waals surface area contributed by atoms with Crippen molar-refractivity contribution in [3.63, 3.8) is 0 Å². The van der Waals surface area contributed by atoms with E-state index in [0.717, 1.165) is 31.4 Å². The number of hydrogen-bond acceptors (Lipinski definition) is 7. The molecular weight excluding hydrogens is 398 g/mol. The Kier molecular flexibility index (Phi) is 5.51. The van der Waals surface area contributed by atoms with Crippen molar-refractivity contribution in [3.8, 4) is 11.5 Å². The first kappa shape index (κ1) is 21.2. The molecule has 2 saturated carbocycles. The lowest BCUT2D eigenvalue weighted by atomic mass is 9.44. The third kappa shape index (κ3) is 2.98. The first-order valence-electron chi connectivity index (χ1n) is 11.3. The van der Waals surface area contributed by atoms with Crippen LogP contribution in [0.25, 0.3) is 0 Å². The van der Waals surface area contributed by atoms with Crippen molar-refractivity contribution in [1.82, 2.24) is 5.32 Å². The summed E-state index contributed by atoms with van der Waals surface area (Å²) in [6.07, 6.45) is 4.40. The molecule has 0 radical (unpaired) electrons. The van der Waals surface area contributed by atoms with Gasteiger partial charge in [-0.15, -0.1) is 6.58 Å². The molecule has 7 heteroatoms. The van der Waals surface area contributed by atoms with E-state index in [9.17, 15) is 10.2 Å². The molecule has 1 heterocycles. The van der Waals surface area contributed by atoms with E-state index < -0.39 is 23.2 Å². The second-order valence-corrected chi connectivity index (χ2v) is 9.28. The maximum Gasteiger partial charge on any atom is 0.189 e. The predicted molar refractivity (Wildman–Crippen MR) is 114 cm³/mol. The zero-order valence-electron chi connectivity index (χ0n) is 18.1. The molecule has 1 aromatic rings. The van der Waals surface area contributed by atoms with Gasteiger partial charge < -0.3 is 34.5 Å². The zero-order valence-corrected chi connectivity index (χ0v) is 18.1. The SMILES string of the molecule is C=CCNC1CC[C@]23c4c5ccc(OCOCCOC)c4O[C@H]2[C@@H](O)CC[C@@]3(O)[C@H]1C5. The van der Waals surface area contributed by atoms with Gasteiger partial charge in [-0.2, -0.15) is 0 Å². The van der Waals surface area contributed by atoms with Gasteiger partial charge in [-0.1, -0.05) is 12.1 Å². The molecule has 0 amide bonds. The third-order valence-electron chi connectivity index (χ3n) is 7.97. The van der Waals surface area contributed by atoms with Crippen LogP contribution in [0.5, 0.6) is 11.5 Å². The highest BCUT2D eigenvalue weighted by Crippen LogP contribution is 2.67. The number of methoxy groups -OCH3 is 1. The fourth-order valence-corrected chi connectivity index (χ4v) is 6.73. The van der Waals surface area contributed by atoms with Crippen LogP contribution in [-0.2, 0) is 21.3 Å². The molecule has 0 aromatic heterocycles. The van der Waals surface area contributed by atoms with E-state index in [1.165, 1.54) is 5.56 Å². The quantitative estimate of drug-likeness (QED) is 0.311. The molecule has 1 aromatic carbocycles. The van der Waals surface area contributed by atoms with E-state index >= 15 is 0 Å². The third-order valence-corrected chi connectivity index (χ3v) is 7.97. The van der Waals surface area contributed by atoms with E-state index in [4.69, 9.17) is 18.9 Å².